The number of benzene rings is 2. The molecule has 1 unspecified atom stereocenters. The van der Waals surface area contributed by atoms with Crippen LogP contribution in [-0.4, -0.2) is 30.1 Å². The van der Waals surface area contributed by atoms with Crippen LogP contribution in [0.15, 0.2) is 60.7 Å². The van der Waals surface area contributed by atoms with Crippen LogP contribution in [0, 0.1) is 5.92 Å². The molecule has 1 fully saturated rings. The van der Waals surface area contributed by atoms with Crippen molar-refractivity contribution in [2.45, 2.75) is 25.4 Å². The second kappa shape index (κ2) is 6.17. The lowest BCUT2D eigenvalue weighted by atomic mass is 9.74. The summed E-state index contributed by atoms with van der Waals surface area (Å²) >= 11 is 0. The van der Waals surface area contributed by atoms with Gasteiger partial charge in [-0.1, -0.05) is 60.7 Å². The van der Waals surface area contributed by atoms with Gasteiger partial charge in [-0.2, -0.15) is 0 Å². The molecule has 0 saturated carbocycles. The number of methoxy groups -OCH3 is 1. The third-order valence-electron chi connectivity index (χ3n) is 5.00. The standard InChI is InChI=1S/C20H23NO2/c1-20(2)17(19(22)23-3)14-21(20)18(15-10-6-4-7-11-15)16-12-8-5-9-13-16/h4-13,17-18H,14H2,1-3H3. The highest BCUT2D eigenvalue weighted by Gasteiger charge is 2.53. The fourth-order valence-corrected chi connectivity index (χ4v) is 3.51. The summed E-state index contributed by atoms with van der Waals surface area (Å²) in [6, 6.07) is 21.1. The number of carbonyl (C=O) groups excluding carboxylic acids is 1. The molecule has 2 aromatic carbocycles. The third kappa shape index (κ3) is 2.77. The summed E-state index contributed by atoms with van der Waals surface area (Å²) in [4.78, 5) is 14.4. The summed E-state index contributed by atoms with van der Waals surface area (Å²) in [6.45, 7) is 4.96. The number of carbonyl (C=O) groups is 1. The fraction of sp³-hybridized carbons (Fsp3) is 0.350. The quantitative estimate of drug-likeness (QED) is 0.807. The number of rotatable bonds is 4. The molecule has 3 rings (SSSR count). The molecule has 23 heavy (non-hydrogen) atoms. The molecule has 1 atom stereocenters. The molecule has 1 aliphatic rings. The van der Waals surface area contributed by atoms with Gasteiger partial charge < -0.3 is 4.74 Å². The van der Waals surface area contributed by atoms with E-state index in [2.05, 4.69) is 67.3 Å². The highest BCUT2D eigenvalue weighted by atomic mass is 16.5. The van der Waals surface area contributed by atoms with Gasteiger partial charge in [-0.05, 0) is 25.0 Å². The minimum Gasteiger partial charge on any atom is -0.469 e. The van der Waals surface area contributed by atoms with Crippen LogP contribution in [0.1, 0.15) is 31.0 Å². The lowest BCUT2D eigenvalue weighted by Gasteiger charge is -2.57. The molecule has 3 nitrogen and oxygen atoms in total. The molecule has 1 saturated heterocycles. The van der Waals surface area contributed by atoms with Gasteiger partial charge in [0, 0.05) is 12.1 Å². The Morgan fingerprint density at radius 2 is 1.52 bits per heavy atom. The molecular formula is C20H23NO2. The molecule has 0 aromatic heterocycles. The van der Waals surface area contributed by atoms with Crippen molar-refractivity contribution in [2.75, 3.05) is 13.7 Å². The zero-order chi connectivity index (χ0) is 16.4. The van der Waals surface area contributed by atoms with Gasteiger partial charge in [-0.15, -0.1) is 0 Å². The summed E-state index contributed by atoms with van der Waals surface area (Å²) in [7, 11) is 1.47. The Hall–Kier alpha value is -2.13. The van der Waals surface area contributed by atoms with E-state index in [0.717, 1.165) is 0 Å². The van der Waals surface area contributed by atoms with Gasteiger partial charge in [0.1, 0.15) is 0 Å². The van der Waals surface area contributed by atoms with Crippen molar-refractivity contribution < 1.29 is 9.53 Å². The fourth-order valence-electron chi connectivity index (χ4n) is 3.51. The van der Waals surface area contributed by atoms with Crippen LogP contribution < -0.4 is 0 Å². The molecule has 1 heterocycles. The van der Waals surface area contributed by atoms with Gasteiger partial charge >= 0.3 is 5.97 Å². The molecular weight excluding hydrogens is 286 g/mol. The average Bonchev–Trinajstić information content (AvgIpc) is 2.59. The number of nitrogens with zero attached hydrogens (tertiary/aromatic N) is 1. The van der Waals surface area contributed by atoms with E-state index in [0.29, 0.717) is 6.54 Å². The minimum absolute atomic E-state index is 0.0811. The normalized spacial score (nSPS) is 20.1. The Kier molecular flexibility index (Phi) is 4.22. The predicted molar refractivity (Wildman–Crippen MR) is 91.0 cm³/mol. The first-order valence-corrected chi connectivity index (χ1v) is 8.00. The lowest BCUT2D eigenvalue weighted by molar-refractivity contribution is -0.167. The summed E-state index contributed by atoms with van der Waals surface area (Å²) in [5.74, 6) is -0.200. The van der Waals surface area contributed by atoms with Crippen molar-refractivity contribution in [2.24, 2.45) is 5.92 Å². The van der Waals surface area contributed by atoms with Crippen LogP contribution >= 0.6 is 0 Å². The Morgan fingerprint density at radius 3 is 1.91 bits per heavy atom. The Labute approximate surface area is 137 Å². The van der Waals surface area contributed by atoms with Crippen LogP contribution in [0.4, 0.5) is 0 Å². The monoisotopic (exact) mass is 309 g/mol. The zero-order valence-electron chi connectivity index (χ0n) is 13.9. The Bertz CT molecular complexity index is 627. The number of ether oxygens (including phenoxy) is 1. The van der Waals surface area contributed by atoms with Gasteiger partial charge in [-0.25, -0.2) is 0 Å². The van der Waals surface area contributed by atoms with Crippen LogP contribution in [0.3, 0.4) is 0 Å². The van der Waals surface area contributed by atoms with Crippen molar-refractivity contribution in [3.63, 3.8) is 0 Å². The van der Waals surface area contributed by atoms with E-state index in [4.69, 9.17) is 4.74 Å². The van der Waals surface area contributed by atoms with E-state index in [9.17, 15) is 4.79 Å². The van der Waals surface area contributed by atoms with E-state index in [1.165, 1.54) is 18.2 Å². The van der Waals surface area contributed by atoms with Gasteiger partial charge in [-0.3, -0.25) is 9.69 Å². The van der Waals surface area contributed by atoms with Gasteiger partial charge in [0.25, 0.3) is 0 Å². The average molecular weight is 309 g/mol. The maximum absolute atomic E-state index is 12.0. The van der Waals surface area contributed by atoms with E-state index >= 15 is 0 Å². The lowest BCUT2D eigenvalue weighted by Crippen LogP contribution is -2.67. The number of hydrogen-bond donors (Lipinski definition) is 0. The van der Waals surface area contributed by atoms with Crippen molar-refractivity contribution in [1.29, 1.82) is 0 Å². The molecule has 2 aromatic rings. The largest absolute Gasteiger partial charge is 0.469 e. The van der Waals surface area contributed by atoms with E-state index in [-0.39, 0.29) is 23.5 Å². The van der Waals surface area contributed by atoms with Crippen LogP contribution in [-0.2, 0) is 9.53 Å². The molecule has 1 aliphatic heterocycles. The molecule has 120 valence electrons. The molecule has 0 spiro atoms. The topological polar surface area (TPSA) is 29.5 Å². The van der Waals surface area contributed by atoms with Gasteiger partial charge in [0.2, 0.25) is 0 Å². The Balaban J connectivity index is 1.97. The third-order valence-corrected chi connectivity index (χ3v) is 5.00. The molecule has 0 aliphatic carbocycles. The Morgan fingerprint density at radius 1 is 1.04 bits per heavy atom. The summed E-state index contributed by atoms with van der Waals surface area (Å²) < 4.78 is 4.96. The van der Waals surface area contributed by atoms with E-state index in [1.54, 1.807) is 0 Å². The first-order chi connectivity index (χ1) is 11.1. The van der Waals surface area contributed by atoms with Crippen molar-refractivity contribution in [3.8, 4) is 0 Å². The van der Waals surface area contributed by atoms with Gasteiger partial charge in [0.05, 0.1) is 19.1 Å². The summed E-state index contributed by atoms with van der Waals surface area (Å²) in [6.07, 6.45) is 0. The van der Waals surface area contributed by atoms with Crippen LogP contribution in [0.5, 0.6) is 0 Å². The second-order valence-corrected chi connectivity index (χ2v) is 6.61. The molecule has 0 N–H and O–H groups in total. The first kappa shape index (κ1) is 15.8. The molecule has 0 radical (unpaired) electrons. The maximum atomic E-state index is 12.0. The molecule has 3 heteroatoms. The van der Waals surface area contributed by atoms with Gasteiger partial charge in [0.15, 0.2) is 0 Å². The maximum Gasteiger partial charge on any atom is 0.311 e. The smallest absolute Gasteiger partial charge is 0.311 e. The zero-order valence-corrected chi connectivity index (χ0v) is 13.9. The van der Waals surface area contributed by atoms with E-state index < -0.39 is 0 Å². The summed E-state index contributed by atoms with van der Waals surface area (Å²) in [5.41, 5.74) is 2.26. The summed E-state index contributed by atoms with van der Waals surface area (Å²) in [5, 5.41) is 0. The predicted octanol–water partition coefficient (Wildman–Crippen LogP) is 3.66. The van der Waals surface area contributed by atoms with Crippen LogP contribution in [0.2, 0.25) is 0 Å². The minimum atomic E-state index is -0.233. The highest BCUT2D eigenvalue weighted by Crippen LogP contribution is 2.45. The number of likely N-dealkylation sites (tertiary alicyclic amines) is 1. The van der Waals surface area contributed by atoms with Crippen LogP contribution in [0.25, 0.3) is 0 Å². The first-order valence-electron chi connectivity index (χ1n) is 8.00. The highest BCUT2D eigenvalue weighted by molar-refractivity contribution is 5.75. The van der Waals surface area contributed by atoms with Crippen molar-refractivity contribution in [3.05, 3.63) is 71.8 Å². The van der Waals surface area contributed by atoms with Crippen molar-refractivity contribution in [1.82, 2.24) is 4.90 Å². The van der Waals surface area contributed by atoms with Crippen molar-refractivity contribution >= 4 is 5.97 Å². The molecule has 0 bridgehead atoms. The molecule has 0 amide bonds. The second-order valence-electron chi connectivity index (χ2n) is 6.61. The SMILES string of the molecule is COC(=O)C1CN(C(c2ccccc2)c2ccccc2)C1(C)C. The van der Waals surface area contributed by atoms with E-state index in [1.807, 2.05) is 12.1 Å². The number of esters is 1. The number of hydrogen-bond acceptors (Lipinski definition) is 3.